The molecule has 136 valence electrons. The summed E-state index contributed by atoms with van der Waals surface area (Å²) in [5, 5.41) is 22.8. The molecular formula is C21H24N2O3. The van der Waals surface area contributed by atoms with E-state index in [0.29, 0.717) is 13.1 Å². The van der Waals surface area contributed by atoms with Crippen LogP contribution in [0.2, 0.25) is 0 Å². The lowest BCUT2D eigenvalue weighted by Gasteiger charge is -2.22. The van der Waals surface area contributed by atoms with Crippen molar-refractivity contribution in [3.63, 3.8) is 0 Å². The van der Waals surface area contributed by atoms with Gasteiger partial charge in [-0.1, -0.05) is 18.2 Å². The Kier molecular flexibility index (Phi) is 4.55. The number of carbonyl (C=O) groups excluding carboxylic acids is 1. The van der Waals surface area contributed by atoms with Crippen LogP contribution in [0.5, 0.6) is 11.5 Å². The largest absolute Gasteiger partial charge is 0.508 e. The van der Waals surface area contributed by atoms with Crippen LogP contribution in [0.4, 0.5) is 0 Å². The SMILES string of the molecule is O=C(c1ccc(O)cc1O)N1Cc2ccc(CC3CCNCC3)cc2C1. The fraction of sp³-hybridized carbons (Fsp3) is 0.381. The lowest BCUT2D eigenvalue weighted by molar-refractivity contribution is 0.0748. The van der Waals surface area contributed by atoms with E-state index in [1.54, 1.807) is 4.90 Å². The van der Waals surface area contributed by atoms with Crippen molar-refractivity contribution in [2.24, 2.45) is 5.92 Å². The molecule has 0 saturated carbocycles. The van der Waals surface area contributed by atoms with Crippen molar-refractivity contribution in [1.82, 2.24) is 10.2 Å². The molecule has 0 spiro atoms. The van der Waals surface area contributed by atoms with Crippen molar-refractivity contribution in [3.05, 3.63) is 58.7 Å². The maximum atomic E-state index is 12.7. The Balaban J connectivity index is 1.47. The monoisotopic (exact) mass is 352 g/mol. The second kappa shape index (κ2) is 7.00. The summed E-state index contributed by atoms with van der Waals surface area (Å²) in [7, 11) is 0. The second-order valence-electron chi connectivity index (χ2n) is 7.36. The third-order valence-electron chi connectivity index (χ3n) is 5.48. The minimum absolute atomic E-state index is 0.0497. The maximum Gasteiger partial charge on any atom is 0.258 e. The van der Waals surface area contributed by atoms with E-state index in [2.05, 4.69) is 23.5 Å². The van der Waals surface area contributed by atoms with Gasteiger partial charge in [-0.2, -0.15) is 0 Å². The van der Waals surface area contributed by atoms with Gasteiger partial charge in [0.05, 0.1) is 5.56 Å². The van der Waals surface area contributed by atoms with Gasteiger partial charge in [-0.15, -0.1) is 0 Å². The molecule has 1 saturated heterocycles. The van der Waals surface area contributed by atoms with Gasteiger partial charge in [0.2, 0.25) is 0 Å². The van der Waals surface area contributed by atoms with E-state index in [1.807, 2.05) is 0 Å². The number of carbonyl (C=O) groups is 1. The van der Waals surface area contributed by atoms with Gasteiger partial charge in [0.1, 0.15) is 11.5 Å². The molecule has 5 nitrogen and oxygen atoms in total. The highest BCUT2D eigenvalue weighted by Gasteiger charge is 2.26. The summed E-state index contributed by atoms with van der Waals surface area (Å²) in [5.74, 6) is 0.296. The topological polar surface area (TPSA) is 72.8 Å². The minimum Gasteiger partial charge on any atom is -0.508 e. The first-order chi connectivity index (χ1) is 12.6. The summed E-state index contributed by atoms with van der Waals surface area (Å²) in [6.45, 7) is 3.33. The normalized spacial score (nSPS) is 17.3. The number of rotatable bonds is 3. The second-order valence-corrected chi connectivity index (χ2v) is 7.36. The number of hydrogen-bond acceptors (Lipinski definition) is 4. The zero-order valence-electron chi connectivity index (χ0n) is 14.7. The first kappa shape index (κ1) is 16.9. The number of phenols is 2. The molecule has 0 radical (unpaired) electrons. The predicted molar refractivity (Wildman–Crippen MR) is 99.1 cm³/mol. The van der Waals surface area contributed by atoms with E-state index in [0.717, 1.165) is 25.4 Å². The van der Waals surface area contributed by atoms with Gasteiger partial charge in [-0.3, -0.25) is 4.79 Å². The molecule has 26 heavy (non-hydrogen) atoms. The molecule has 3 N–H and O–H groups in total. The van der Waals surface area contributed by atoms with Crippen molar-refractivity contribution in [3.8, 4) is 11.5 Å². The predicted octanol–water partition coefficient (Wildman–Crippen LogP) is 2.80. The zero-order valence-corrected chi connectivity index (χ0v) is 14.7. The van der Waals surface area contributed by atoms with Gasteiger partial charge in [-0.25, -0.2) is 0 Å². The summed E-state index contributed by atoms with van der Waals surface area (Å²) < 4.78 is 0. The molecule has 2 aliphatic heterocycles. The quantitative estimate of drug-likeness (QED) is 0.794. The molecule has 0 atom stereocenters. The Hall–Kier alpha value is -2.53. The number of nitrogens with one attached hydrogen (secondary N) is 1. The van der Waals surface area contributed by atoms with Crippen LogP contribution in [-0.2, 0) is 19.5 Å². The molecular weight excluding hydrogens is 328 g/mol. The molecule has 0 aliphatic carbocycles. The van der Waals surface area contributed by atoms with Crippen molar-refractivity contribution in [1.29, 1.82) is 0 Å². The van der Waals surface area contributed by atoms with Crippen LogP contribution in [0.3, 0.4) is 0 Å². The molecule has 0 bridgehead atoms. The molecule has 4 rings (SSSR count). The molecule has 2 aromatic rings. The Labute approximate surface area is 153 Å². The van der Waals surface area contributed by atoms with E-state index in [4.69, 9.17) is 0 Å². The van der Waals surface area contributed by atoms with Crippen LogP contribution in [0.1, 0.15) is 39.9 Å². The van der Waals surface area contributed by atoms with Crippen LogP contribution < -0.4 is 5.32 Å². The zero-order chi connectivity index (χ0) is 18.1. The summed E-state index contributed by atoms with van der Waals surface area (Å²) in [4.78, 5) is 14.5. The number of fused-ring (bicyclic) bond motifs is 1. The Morgan fingerprint density at radius 3 is 2.58 bits per heavy atom. The number of hydrogen-bond donors (Lipinski definition) is 3. The van der Waals surface area contributed by atoms with E-state index in [9.17, 15) is 15.0 Å². The van der Waals surface area contributed by atoms with E-state index in [1.165, 1.54) is 47.7 Å². The highest BCUT2D eigenvalue weighted by atomic mass is 16.3. The number of phenolic OH excluding ortho intramolecular Hbond substituents is 2. The van der Waals surface area contributed by atoms with Crippen LogP contribution >= 0.6 is 0 Å². The summed E-state index contributed by atoms with van der Waals surface area (Å²) in [5.41, 5.74) is 3.94. The van der Waals surface area contributed by atoms with Gasteiger partial charge in [0.15, 0.2) is 0 Å². The lowest BCUT2D eigenvalue weighted by atomic mass is 9.90. The van der Waals surface area contributed by atoms with E-state index < -0.39 is 0 Å². The summed E-state index contributed by atoms with van der Waals surface area (Å²) >= 11 is 0. The minimum atomic E-state index is -0.210. The number of nitrogens with zero attached hydrogens (tertiary/aromatic N) is 1. The Morgan fingerprint density at radius 1 is 1.04 bits per heavy atom. The summed E-state index contributed by atoms with van der Waals surface area (Å²) in [6.07, 6.45) is 3.55. The van der Waals surface area contributed by atoms with Gasteiger partial charge in [0, 0.05) is 19.2 Å². The Bertz CT molecular complexity index is 828. The fourth-order valence-electron chi connectivity index (χ4n) is 4.01. The van der Waals surface area contributed by atoms with E-state index >= 15 is 0 Å². The molecule has 1 amide bonds. The molecule has 0 unspecified atom stereocenters. The molecule has 2 aliphatic rings. The molecule has 5 heteroatoms. The van der Waals surface area contributed by atoms with Crippen molar-refractivity contribution >= 4 is 5.91 Å². The van der Waals surface area contributed by atoms with Gasteiger partial charge >= 0.3 is 0 Å². The molecule has 1 fully saturated rings. The van der Waals surface area contributed by atoms with Crippen molar-refractivity contribution in [2.45, 2.75) is 32.4 Å². The lowest BCUT2D eigenvalue weighted by Crippen LogP contribution is -2.28. The van der Waals surface area contributed by atoms with Crippen molar-refractivity contribution < 1.29 is 15.0 Å². The first-order valence-corrected chi connectivity index (χ1v) is 9.23. The first-order valence-electron chi connectivity index (χ1n) is 9.23. The van der Waals surface area contributed by atoms with Gasteiger partial charge < -0.3 is 20.4 Å². The molecule has 2 aromatic carbocycles. The molecule has 2 heterocycles. The average molecular weight is 352 g/mol. The Morgan fingerprint density at radius 2 is 1.81 bits per heavy atom. The third kappa shape index (κ3) is 3.40. The maximum absolute atomic E-state index is 12.7. The number of piperidine rings is 1. The highest BCUT2D eigenvalue weighted by molar-refractivity contribution is 5.97. The van der Waals surface area contributed by atoms with Crippen LogP contribution in [0, 0.1) is 5.92 Å². The molecule has 0 aromatic heterocycles. The van der Waals surface area contributed by atoms with E-state index in [-0.39, 0.29) is 23.0 Å². The van der Waals surface area contributed by atoms with Gasteiger partial charge in [-0.05, 0) is 67.1 Å². The number of aromatic hydroxyl groups is 2. The standard InChI is InChI=1S/C21H24N2O3/c24-18-3-4-19(20(25)11-18)21(26)23-12-16-2-1-15(10-17(16)13-23)9-14-5-7-22-8-6-14/h1-4,10-11,14,22,24-25H,5-9,12-13H2. The third-order valence-corrected chi connectivity index (χ3v) is 5.48. The average Bonchev–Trinajstić information content (AvgIpc) is 3.05. The smallest absolute Gasteiger partial charge is 0.258 e. The van der Waals surface area contributed by atoms with Crippen LogP contribution in [-0.4, -0.2) is 34.1 Å². The number of benzene rings is 2. The van der Waals surface area contributed by atoms with Crippen LogP contribution in [0.15, 0.2) is 36.4 Å². The number of amides is 1. The summed E-state index contributed by atoms with van der Waals surface area (Å²) in [6, 6.07) is 10.7. The highest BCUT2D eigenvalue weighted by Crippen LogP contribution is 2.30. The fourth-order valence-corrected chi connectivity index (χ4v) is 4.01. The van der Waals surface area contributed by atoms with Crippen LogP contribution in [0.25, 0.3) is 0 Å². The van der Waals surface area contributed by atoms with Gasteiger partial charge in [0.25, 0.3) is 5.91 Å². The van der Waals surface area contributed by atoms with Crippen molar-refractivity contribution in [2.75, 3.05) is 13.1 Å².